The Balaban J connectivity index is 1.48. The van der Waals surface area contributed by atoms with Crippen LogP contribution in [0.1, 0.15) is 16.7 Å². The molecule has 1 aliphatic heterocycles. The summed E-state index contributed by atoms with van der Waals surface area (Å²) in [5.41, 5.74) is 2.64. The van der Waals surface area contributed by atoms with E-state index in [9.17, 15) is 9.18 Å². The molecule has 27 heavy (non-hydrogen) atoms. The highest BCUT2D eigenvalue weighted by Gasteiger charge is 2.10. The lowest BCUT2D eigenvalue weighted by Gasteiger charge is -2.26. The molecule has 1 heterocycles. The summed E-state index contributed by atoms with van der Waals surface area (Å²) in [6.07, 6.45) is 2.82. The van der Waals surface area contributed by atoms with Crippen LogP contribution < -0.4 is 5.32 Å². The van der Waals surface area contributed by atoms with E-state index in [4.69, 9.17) is 4.74 Å². The van der Waals surface area contributed by atoms with Crippen LogP contribution in [0, 0.1) is 5.82 Å². The minimum Gasteiger partial charge on any atom is -0.379 e. The zero-order chi connectivity index (χ0) is 19.1. The molecule has 4 nitrogen and oxygen atoms in total. The monoisotopic (exact) mass is 432 g/mol. The molecule has 0 saturated carbocycles. The van der Waals surface area contributed by atoms with Gasteiger partial charge < -0.3 is 10.1 Å². The topological polar surface area (TPSA) is 41.6 Å². The van der Waals surface area contributed by atoms with E-state index in [-0.39, 0.29) is 11.7 Å². The highest BCUT2D eigenvalue weighted by molar-refractivity contribution is 9.10. The van der Waals surface area contributed by atoms with Crippen LogP contribution in [0.3, 0.4) is 0 Å². The van der Waals surface area contributed by atoms with Crippen molar-refractivity contribution in [3.63, 3.8) is 0 Å². The summed E-state index contributed by atoms with van der Waals surface area (Å²) >= 11 is 3.29. The number of carbonyl (C=O) groups is 1. The number of carbonyl (C=O) groups excluding carboxylic acids is 1. The number of benzene rings is 2. The quantitative estimate of drug-likeness (QED) is 0.706. The van der Waals surface area contributed by atoms with Gasteiger partial charge in [0.2, 0.25) is 5.91 Å². The molecule has 6 heteroatoms. The SMILES string of the molecule is O=C(C=Cc1cc(Br)ccc1F)NCc1ccc(CN2CCOCC2)cc1. The Morgan fingerprint density at radius 2 is 1.85 bits per heavy atom. The number of hydrogen-bond donors (Lipinski definition) is 1. The summed E-state index contributed by atoms with van der Waals surface area (Å²) in [7, 11) is 0. The van der Waals surface area contributed by atoms with E-state index in [0.717, 1.165) is 42.9 Å². The average Bonchev–Trinajstić information content (AvgIpc) is 2.69. The largest absolute Gasteiger partial charge is 0.379 e. The van der Waals surface area contributed by atoms with Crippen molar-refractivity contribution in [1.29, 1.82) is 0 Å². The molecule has 1 N–H and O–H groups in total. The van der Waals surface area contributed by atoms with E-state index in [1.807, 2.05) is 12.1 Å². The molecule has 1 fully saturated rings. The molecule has 1 amide bonds. The van der Waals surface area contributed by atoms with E-state index in [0.29, 0.717) is 12.1 Å². The Hall–Kier alpha value is -2.02. The normalized spacial score (nSPS) is 15.2. The third-order valence-corrected chi connectivity index (χ3v) is 4.87. The number of nitrogens with zero attached hydrogens (tertiary/aromatic N) is 1. The van der Waals surface area contributed by atoms with Gasteiger partial charge in [-0.25, -0.2) is 4.39 Å². The number of halogens is 2. The molecular formula is C21H22BrFN2O2. The van der Waals surface area contributed by atoms with Crippen molar-refractivity contribution in [2.24, 2.45) is 0 Å². The zero-order valence-electron chi connectivity index (χ0n) is 15.0. The Morgan fingerprint density at radius 3 is 2.59 bits per heavy atom. The molecular weight excluding hydrogens is 411 g/mol. The number of hydrogen-bond acceptors (Lipinski definition) is 3. The highest BCUT2D eigenvalue weighted by Crippen LogP contribution is 2.16. The summed E-state index contributed by atoms with van der Waals surface area (Å²) in [6, 6.07) is 12.8. The van der Waals surface area contributed by atoms with Crippen LogP contribution in [-0.2, 0) is 22.6 Å². The van der Waals surface area contributed by atoms with Crippen LogP contribution in [-0.4, -0.2) is 37.1 Å². The van der Waals surface area contributed by atoms with Crippen molar-refractivity contribution in [2.75, 3.05) is 26.3 Å². The maximum Gasteiger partial charge on any atom is 0.244 e. The predicted molar refractivity (Wildman–Crippen MR) is 108 cm³/mol. The Morgan fingerprint density at radius 1 is 1.15 bits per heavy atom. The van der Waals surface area contributed by atoms with Gasteiger partial charge in [0.25, 0.3) is 0 Å². The van der Waals surface area contributed by atoms with E-state index in [1.165, 1.54) is 23.8 Å². The van der Waals surface area contributed by atoms with E-state index in [2.05, 4.69) is 38.3 Å². The van der Waals surface area contributed by atoms with E-state index in [1.54, 1.807) is 12.1 Å². The fourth-order valence-corrected chi connectivity index (χ4v) is 3.21. The fraction of sp³-hybridized carbons (Fsp3) is 0.286. The molecule has 1 saturated heterocycles. The summed E-state index contributed by atoms with van der Waals surface area (Å²) in [6.45, 7) is 4.85. The number of nitrogens with one attached hydrogen (secondary N) is 1. The first-order chi connectivity index (χ1) is 13.1. The van der Waals surface area contributed by atoms with Crippen molar-refractivity contribution < 1.29 is 13.9 Å². The van der Waals surface area contributed by atoms with Gasteiger partial charge >= 0.3 is 0 Å². The lowest BCUT2D eigenvalue weighted by molar-refractivity contribution is -0.116. The molecule has 0 atom stereocenters. The molecule has 3 rings (SSSR count). The molecule has 142 valence electrons. The van der Waals surface area contributed by atoms with Gasteiger partial charge in [-0.05, 0) is 35.4 Å². The number of amides is 1. The van der Waals surface area contributed by atoms with Gasteiger partial charge in [0.15, 0.2) is 0 Å². The van der Waals surface area contributed by atoms with Gasteiger partial charge in [-0.1, -0.05) is 40.2 Å². The van der Waals surface area contributed by atoms with Crippen molar-refractivity contribution in [3.05, 3.63) is 75.5 Å². The maximum atomic E-state index is 13.7. The van der Waals surface area contributed by atoms with Gasteiger partial charge in [0, 0.05) is 42.3 Å². The molecule has 1 aliphatic rings. The van der Waals surface area contributed by atoms with Crippen molar-refractivity contribution in [3.8, 4) is 0 Å². The number of rotatable bonds is 6. The first-order valence-corrected chi connectivity index (χ1v) is 9.68. The smallest absolute Gasteiger partial charge is 0.244 e. The lowest BCUT2D eigenvalue weighted by Crippen LogP contribution is -2.35. The van der Waals surface area contributed by atoms with Crippen LogP contribution in [0.15, 0.2) is 53.0 Å². The fourth-order valence-electron chi connectivity index (χ4n) is 2.84. The molecule has 0 bridgehead atoms. The first kappa shape index (κ1) is 19.7. The molecule has 2 aromatic rings. The van der Waals surface area contributed by atoms with Gasteiger partial charge in [-0.15, -0.1) is 0 Å². The second-order valence-corrected chi connectivity index (χ2v) is 7.34. The molecule has 0 radical (unpaired) electrons. The van der Waals surface area contributed by atoms with Crippen LogP contribution in [0.4, 0.5) is 4.39 Å². The van der Waals surface area contributed by atoms with Crippen LogP contribution in [0.25, 0.3) is 6.08 Å². The predicted octanol–water partition coefficient (Wildman–Crippen LogP) is 3.75. The standard InChI is InChI=1S/C21H22BrFN2O2/c22-19-6-7-20(23)18(13-19)5-8-21(26)24-14-16-1-3-17(4-2-16)15-25-9-11-27-12-10-25/h1-8,13H,9-12,14-15H2,(H,24,26). The number of ether oxygens (including phenoxy) is 1. The Labute approximate surface area is 167 Å². The van der Waals surface area contributed by atoms with Gasteiger partial charge in [0.05, 0.1) is 13.2 Å². The second-order valence-electron chi connectivity index (χ2n) is 6.42. The van der Waals surface area contributed by atoms with Crippen molar-refractivity contribution >= 4 is 27.9 Å². The molecule has 0 unspecified atom stereocenters. The maximum absolute atomic E-state index is 13.7. The molecule has 2 aromatic carbocycles. The van der Waals surface area contributed by atoms with E-state index >= 15 is 0 Å². The van der Waals surface area contributed by atoms with Gasteiger partial charge in [-0.2, -0.15) is 0 Å². The summed E-state index contributed by atoms with van der Waals surface area (Å²) in [5.74, 6) is -0.620. The van der Waals surface area contributed by atoms with Crippen LogP contribution in [0.5, 0.6) is 0 Å². The lowest BCUT2D eigenvalue weighted by atomic mass is 10.1. The van der Waals surface area contributed by atoms with Crippen molar-refractivity contribution in [1.82, 2.24) is 10.2 Å². The van der Waals surface area contributed by atoms with E-state index < -0.39 is 0 Å². The third-order valence-electron chi connectivity index (χ3n) is 4.37. The average molecular weight is 433 g/mol. The third kappa shape index (κ3) is 6.27. The van der Waals surface area contributed by atoms with Crippen LogP contribution in [0.2, 0.25) is 0 Å². The minimum atomic E-state index is -0.363. The first-order valence-electron chi connectivity index (χ1n) is 8.89. The summed E-state index contributed by atoms with van der Waals surface area (Å²) in [4.78, 5) is 14.3. The Bertz CT molecular complexity index is 802. The molecule has 0 spiro atoms. The van der Waals surface area contributed by atoms with Gasteiger partial charge in [-0.3, -0.25) is 9.69 Å². The van der Waals surface area contributed by atoms with Gasteiger partial charge in [0.1, 0.15) is 5.82 Å². The minimum absolute atomic E-state index is 0.258. The zero-order valence-corrected chi connectivity index (χ0v) is 16.5. The van der Waals surface area contributed by atoms with Crippen LogP contribution >= 0.6 is 15.9 Å². The summed E-state index contributed by atoms with van der Waals surface area (Å²) in [5, 5.41) is 2.82. The Kier molecular flexibility index (Phi) is 7.15. The van der Waals surface area contributed by atoms with Crippen molar-refractivity contribution in [2.45, 2.75) is 13.1 Å². The second kappa shape index (κ2) is 9.78. The highest BCUT2D eigenvalue weighted by atomic mass is 79.9. The molecule has 0 aliphatic carbocycles. The summed E-state index contributed by atoms with van der Waals surface area (Å²) < 4.78 is 19.8. The number of morpholine rings is 1. The molecule has 0 aromatic heterocycles.